The van der Waals surface area contributed by atoms with Gasteiger partial charge in [-0.2, -0.15) is 0 Å². The monoisotopic (exact) mass is 320 g/mol. The van der Waals surface area contributed by atoms with Gasteiger partial charge in [-0.15, -0.1) is 0 Å². The number of amides is 1. The lowest BCUT2D eigenvalue weighted by Gasteiger charge is -2.08. The SMILES string of the molecule is Cc1nccc(CNC(=O)c2cc(Br)ccc2N)n1. The molecule has 0 aliphatic carbocycles. The lowest BCUT2D eigenvalue weighted by molar-refractivity contribution is 0.0951. The van der Waals surface area contributed by atoms with Gasteiger partial charge in [-0.3, -0.25) is 4.79 Å². The van der Waals surface area contributed by atoms with Crippen LogP contribution in [0.2, 0.25) is 0 Å². The van der Waals surface area contributed by atoms with Crippen molar-refractivity contribution in [1.82, 2.24) is 15.3 Å². The number of rotatable bonds is 3. The highest BCUT2D eigenvalue weighted by atomic mass is 79.9. The molecule has 2 rings (SSSR count). The van der Waals surface area contributed by atoms with Gasteiger partial charge in [0.25, 0.3) is 5.91 Å². The van der Waals surface area contributed by atoms with Crippen LogP contribution in [0.3, 0.4) is 0 Å². The summed E-state index contributed by atoms with van der Waals surface area (Å²) in [5.74, 6) is 0.448. The average Bonchev–Trinajstić information content (AvgIpc) is 2.39. The highest BCUT2D eigenvalue weighted by Gasteiger charge is 2.10. The summed E-state index contributed by atoms with van der Waals surface area (Å²) in [6.07, 6.45) is 1.66. The maximum atomic E-state index is 12.0. The molecule has 2 aromatic rings. The van der Waals surface area contributed by atoms with Gasteiger partial charge in [0.2, 0.25) is 0 Å². The largest absolute Gasteiger partial charge is 0.398 e. The van der Waals surface area contributed by atoms with Crippen molar-refractivity contribution in [2.45, 2.75) is 13.5 Å². The molecule has 0 bridgehead atoms. The molecular weight excluding hydrogens is 308 g/mol. The molecule has 0 atom stereocenters. The summed E-state index contributed by atoms with van der Waals surface area (Å²) in [7, 11) is 0. The summed E-state index contributed by atoms with van der Waals surface area (Å²) in [5, 5.41) is 2.78. The first kappa shape index (κ1) is 13.5. The fraction of sp³-hybridized carbons (Fsp3) is 0.154. The number of nitrogen functional groups attached to an aromatic ring is 1. The quantitative estimate of drug-likeness (QED) is 0.848. The van der Waals surface area contributed by atoms with Crippen molar-refractivity contribution in [1.29, 1.82) is 0 Å². The Kier molecular flexibility index (Phi) is 4.11. The first-order chi connectivity index (χ1) is 9.06. The van der Waals surface area contributed by atoms with E-state index < -0.39 is 0 Å². The normalized spacial score (nSPS) is 10.2. The fourth-order valence-electron chi connectivity index (χ4n) is 1.59. The molecule has 0 saturated carbocycles. The number of aromatic nitrogens is 2. The van der Waals surface area contributed by atoms with Crippen LogP contribution in [-0.2, 0) is 6.54 Å². The summed E-state index contributed by atoms with van der Waals surface area (Å²) in [5.41, 5.74) is 7.42. The minimum Gasteiger partial charge on any atom is -0.398 e. The van der Waals surface area contributed by atoms with Crippen LogP contribution >= 0.6 is 15.9 Å². The van der Waals surface area contributed by atoms with Crippen molar-refractivity contribution in [3.63, 3.8) is 0 Å². The van der Waals surface area contributed by atoms with E-state index in [1.54, 1.807) is 37.4 Å². The number of anilines is 1. The molecule has 0 radical (unpaired) electrons. The van der Waals surface area contributed by atoms with Gasteiger partial charge in [0, 0.05) is 16.4 Å². The second-order valence-corrected chi connectivity index (χ2v) is 4.93. The van der Waals surface area contributed by atoms with E-state index in [0.717, 1.165) is 10.2 Å². The number of hydrogen-bond acceptors (Lipinski definition) is 4. The number of nitrogens with two attached hydrogens (primary N) is 1. The number of benzene rings is 1. The standard InChI is InChI=1S/C13H13BrN4O/c1-8-16-5-4-10(18-8)7-17-13(19)11-6-9(14)2-3-12(11)15/h2-6H,7,15H2,1H3,(H,17,19). The Bertz CT molecular complexity index is 615. The van der Waals surface area contributed by atoms with E-state index in [9.17, 15) is 4.79 Å². The molecule has 1 amide bonds. The molecule has 0 unspecified atom stereocenters. The summed E-state index contributed by atoms with van der Waals surface area (Å²) in [6.45, 7) is 2.14. The molecular formula is C13H13BrN4O. The molecule has 98 valence electrons. The fourth-order valence-corrected chi connectivity index (χ4v) is 1.96. The number of hydrogen-bond donors (Lipinski definition) is 2. The first-order valence-electron chi connectivity index (χ1n) is 5.68. The van der Waals surface area contributed by atoms with Gasteiger partial charge in [0.05, 0.1) is 17.8 Å². The number of halogens is 1. The van der Waals surface area contributed by atoms with Crippen molar-refractivity contribution in [2.24, 2.45) is 0 Å². The third-order valence-electron chi connectivity index (χ3n) is 2.52. The Morgan fingerprint density at radius 3 is 2.95 bits per heavy atom. The van der Waals surface area contributed by atoms with Gasteiger partial charge >= 0.3 is 0 Å². The number of nitrogens with zero attached hydrogens (tertiary/aromatic N) is 2. The van der Waals surface area contributed by atoms with Crippen molar-refractivity contribution >= 4 is 27.5 Å². The van der Waals surface area contributed by atoms with Crippen LogP contribution in [0.1, 0.15) is 21.9 Å². The molecule has 1 aromatic carbocycles. The Morgan fingerprint density at radius 2 is 2.21 bits per heavy atom. The molecule has 0 aliphatic heterocycles. The van der Waals surface area contributed by atoms with Crippen LogP contribution in [0.4, 0.5) is 5.69 Å². The zero-order chi connectivity index (χ0) is 13.8. The van der Waals surface area contributed by atoms with Gasteiger partial charge in [0.15, 0.2) is 0 Å². The van der Waals surface area contributed by atoms with Crippen molar-refractivity contribution in [2.75, 3.05) is 5.73 Å². The van der Waals surface area contributed by atoms with Crippen molar-refractivity contribution in [3.8, 4) is 0 Å². The molecule has 1 aromatic heterocycles. The van der Waals surface area contributed by atoms with E-state index in [-0.39, 0.29) is 5.91 Å². The highest BCUT2D eigenvalue weighted by molar-refractivity contribution is 9.10. The van der Waals surface area contributed by atoms with Gasteiger partial charge < -0.3 is 11.1 Å². The third kappa shape index (κ3) is 3.51. The molecule has 0 spiro atoms. The Hall–Kier alpha value is -1.95. The molecule has 19 heavy (non-hydrogen) atoms. The van der Waals surface area contributed by atoms with E-state index in [2.05, 4.69) is 31.2 Å². The van der Waals surface area contributed by atoms with Crippen LogP contribution in [-0.4, -0.2) is 15.9 Å². The zero-order valence-corrected chi connectivity index (χ0v) is 11.9. The Balaban J connectivity index is 2.07. The minimum absolute atomic E-state index is 0.227. The molecule has 5 nitrogen and oxygen atoms in total. The zero-order valence-electron chi connectivity index (χ0n) is 10.4. The first-order valence-corrected chi connectivity index (χ1v) is 6.47. The average molecular weight is 321 g/mol. The summed E-state index contributed by atoms with van der Waals surface area (Å²) < 4.78 is 0.810. The van der Waals surface area contributed by atoms with E-state index >= 15 is 0 Å². The smallest absolute Gasteiger partial charge is 0.253 e. The maximum Gasteiger partial charge on any atom is 0.253 e. The van der Waals surface area contributed by atoms with Gasteiger partial charge in [-0.05, 0) is 31.2 Å². The number of aryl methyl sites for hydroxylation is 1. The second kappa shape index (κ2) is 5.79. The van der Waals surface area contributed by atoms with Crippen LogP contribution in [0.15, 0.2) is 34.9 Å². The van der Waals surface area contributed by atoms with E-state index in [1.165, 1.54) is 0 Å². The topological polar surface area (TPSA) is 80.9 Å². The van der Waals surface area contributed by atoms with E-state index in [4.69, 9.17) is 5.73 Å². The molecule has 1 heterocycles. The summed E-state index contributed by atoms with van der Waals surface area (Å²) in [6, 6.07) is 6.93. The molecule has 3 N–H and O–H groups in total. The Labute approximate surface area is 119 Å². The molecule has 0 aliphatic rings. The molecule has 0 saturated heterocycles. The van der Waals surface area contributed by atoms with Crippen LogP contribution < -0.4 is 11.1 Å². The predicted octanol–water partition coefficient (Wildman–Crippen LogP) is 2.06. The van der Waals surface area contributed by atoms with E-state index in [1.807, 2.05) is 0 Å². The molecule has 6 heteroatoms. The Morgan fingerprint density at radius 1 is 1.42 bits per heavy atom. The van der Waals surface area contributed by atoms with Crippen molar-refractivity contribution in [3.05, 3.63) is 52.0 Å². The van der Waals surface area contributed by atoms with Crippen LogP contribution in [0.5, 0.6) is 0 Å². The minimum atomic E-state index is -0.227. The summed E-state index contributed by atoms with van der Waals surface area (Å²) >= 11 is 3.31. The van der Waals surface area contributed by atoms with Gasteiger partial charge in [-0.1, -0.05) is 15.9 Å². The lowest BCUT2D eigenvalue weighted by atomic mass is 10.1. The molecule has 0 fully saturated rings. The number of carbonyl (C=O) groups excluding carboxylic acids is 1. The highest BCUT2D eigenvalue weighted by Crippen LogP contribution is 2.18. The second-order valence-electron chi connectivity index (χ2n) is 4.01. The van der Waals surface area contributed by atoms with Crippen LogP contribution in [0, 0.1) is 6.92 Å². The van der Waals surface area contributed by atoms with Crippen molar-refractivity contribution < 1.29 is 4.79 Å². The van der Waals surface area contributed by atoms with Gasteiger partial charge in [-0.25, -0.2) is 9.97 Å². The lowest BCUT2D eigenvalue weighted by Crippen LogP contribution is -2.24. The number of nitrogens with one attached hydrogen (secondary N) is 1. The summed E-state index contributed by atoms with van der Waals surface area (Å²) in [4.78, 5) is 20.2. The third-order valence-corrected chi connectivity index (χ3v) is 3.02. The van der Waals surface area contributed by atoms with Crippen LogP contribution in [0.25, 0.3) is 0 Å². The number of carbonyl (C=O) groups is 1. The maximum absolute atomic E-state index is 12.0. The van der Waals surface area contributed by atoms with E-state index in [0.29, 0.717) is 23.6 Å². The predicted molar refractivity (Wildman–Crippen MR) is 76.5 cm³/mol. The van der Waals surface area contributed by atoms with Gasteiger partial charge in [0.1, 0.15) is 5.82 Å².